The fraction of sp³-hybridized carbons (Fsp3) is 0.258. The second kappa shape index (κ2) is 31.8. The van der Waals surface area contributed by atoms with E-state index in [-0.39, 0.29) is 61.9 Å². The van der Waals surface area contributed by atoms with Crippen molar-refractivity contribution in [3.8, 4) is 0 Å². The molecule has 0 saturated carbocycles. The topological polar surface area (TPSA) is 311 Å². The molecule has 17 rings (SSSR count). The molecule has 23 nitrogen and oxygen atoms in total. The first-order valence-electron chi connectivity index (χ1n) is 38.0. The summed E-state index contributed by atoms with van der Waals surface area (Å²) in [6.45, 7) is 24.2. The number of carbonyl (C=O) groups excluding carboxylic acids is 8. The van der Waals surface area contributed by atoms with E-state index in [4.69, 9.17) is 0 Å². The molecule has 4 heterocycles. The molecular formula is C89H85N6O17S3-. The summed E-state index contributed by atoms with van der Waals surface area (Å²) in [5.74, 6) is -2.10. The summed E-state index contributed by atoms with van der Waals surface area (Å²) in [4.78, 5) is 116. The summed E-state index contributed by atoms with van der Waals surface area (Å²) >= 11 is 0. The number of amides is 8. The number of benzene rings is 13. The lowest BCUT2D eigenvalue weighted by atomic mass is 9.82. The van der Waals surface area contributed by atoms with Crippen molar-refractivity contribution in [3.63, 3.8) is 0 Å². The highest BCUT2D eigenvalue weighted by molar-refractivity contribution is 7.87. The highest BCUT2D eigenvalue weighted by Gasteiger charge is 2.40. The number of hydrogen-bond donors (Lipinski definition) is 0. The Kier molecular flexibility index (Phi) is 22.6. The molecule has 26 heteroatoms. The lowest BCUT2D eigenvalue weighted by Gasteiger charge is -2.35. The number of rotatable bonds is 18. The third-order valence-corrected chi connectivity index (χ3v) is 25.6. The molecule has 115 heavy (non-hydrogen) atoms. The quantitative estimate of drug-likeness (QED) is 0.0192. The van der Waals surface area contributed by atoms with Crippen molar-refractivity contribution in [3.05, 3.63) is 231 Å². The van der Waals surface area contributed by atoms with Crippen LogP contribution in [0.5, 0.6) is 0 Å². The maximum Gasteiger partial charge on any atom is 0.296 e. The van der Waals surface area contributed by atoms with E-state index in [0.717, 1.165) is 119 Å². The van der Waals surface area contributed by atoms with Crippen LogP contribution in [-0.2, 0) is 34.5 Å². The molecule has 8 amide bonds. The summed E-state index contributed by atoms with van der Waals surface area (Å²) in [6, 6.07) is 48.2. The molecule has 0 saturated heterocycles. The molecule has 0 unspecified atom stereocenters. The van der Waals surface area contributed by atoms with Crippen LogP contribution in [0.25, 0.3) is 86.2 Å². The van der Waals surface area contributed by atoms with Gasteiger partial charge in [-0.2, -0.15) is 8.42 Å². The van der Waals surface area contributed by atoms with Gasteiger partial charge in [0.25, 0.3) is 57.4 Å². The second-order valence-electron chi connectivity index (χ2n) is 29.3. The van der Waals surface area contributed by atoms with E-state index in [2.05, 4.69) is 43.8 Å². The highest BCUT2D eigenvalue weighted by Crippen LogP contribution is 2.49. The fourth-order valence-corrected chi connectivity index (χ4v) is 17.5. The molecule has 0 fully saturated rings. The van der Waals surface area contributed by atoms with Gasteiger partial charge in [0.05, 0.1) is 55.0 Å². The summed E-state index contributed by atoms with van der Waals surface area (Å²) in [6.07, 6.45) is 1.38. The van der Waals surface area contributed by atoms with Gasteiger partial charge in [-0.05, 0) is 210 Å². The average Bonchev–Trinajstić information content (AvgIpc) is 0.695. The molecule has 592 valence electrons. The van der Waals surface area contributed by atoms with Crippen molar-refractivity contribution in [1.29, 1.82) is 0 Å². The Morgan fingerprint density at radius 3 is 0.757 bits per heavy atom. The van der Waals surface area contributed by atoms with Crippen LogP contribution >= 0.6 is 0 Å². The summed E-state index contributed by atoms with van der Waals surface area (Å²) < 4.78 is 89.6. The molecule has 0 aliphatic carbocycles. The van der Waals surface area contributed by atoms with Gasteiger partial charge in [-0.1, -0.05) is 129 Å². The predicted octanol–water partition coefficient (Wildman–Crippen LogP) is 14.6. The largest absolute Gasteiger partial charge is 0.744 e. The normalized spacial score (nSPS) is 14.2. The van der Waals surface area contributed by atoms with E-state index in [9.17, 15) is 72.7 Å². The SMILES string of the molecule is CCCN1C(=O)c2ccc3c4ccc5c6c(ccc(c7ccc(c2c37)C1=O)c64)C(=O)N(CCN(CC)CC)C5=O.CCCN1C(=O)c2ccc3c4ccc5c6c(ccc(c7ccc(c2c37)C1=O)c64)C(=O)N(CC[N+](C)(CC)CC)C5=O.COS(=O)(=O)c1ccc(C)cc1.Cc1ccc(S(=O)(=O)[O-])cc1.Cc1ccc(S(=O)(=O)[O-])cc1. The van der Waals surface area contributed by atoms with Gasteiger partial charge in [0, 0.05) is 92.2 Å². The molecular weight excluding hydrogens is 1520 g/mol. The van der Waals surface area contributed by atoms with Gasteiger partial charge in [-0.3, -0.25) is 62.1 Å². The number of carbonyl (C=O) groups is 8. The van der Waals surface area contributed by atoms with Crippen molar-refractivity contribution >= 4 is 164 Å². The fourth-order valence-electron chi connectivity index (χ4n) is 15.9. The van der Waals surface area contributed by atoms with Crippen LogP contribution in [0.4, 0.5) is 0 Å². The van der Waals surface area contributed by atoms with E-state index in [1.165, 1.54) is 56.0 Å². The molecule has 0 atom stereocenters. The molecule has 13 aromatic carbocycles. The van der Waals surface area contributed by atoms with Gasteiger partial charge in [-0.25, -0.2) is 16.8 Å². The first-order chi connectivity index (χ1) is 54.7. The van der Waals surface area contributed by atoms with E-state index in [0.29, 0.717) is 118 Å². The number of fused-ring (bicyclic) bond motifs is 4. The Morgan fingerprint density at radius 1 is 0.322 bits per heavy atom. The van der Waals surface area contributed by atoms with Crippen LogP contribution in [0.3, 0.4) is 0 Å². The van der Waals surface area contributed by atoms with Gasteiger partial charge in [0.1, 0.15) is 20.2 Å². The second-order valence-corrected chi connectivity index (χ2v) is 33.8. The van der Waals surface area contributed by atoms with Crippen LogP contribution in [0.15, 0.2) is 185 Å². The van der Waals surface area contributed by atoms with Gasteiger partial charge < -0.3 is 18.5 Å². The zero-order valence-electron chi connectivity index (χ0n) is 65.5. The lowest BCUT2D eigenvalue weighted by molar-refractivity contribution is -0.905. The van der Waals surface area contributed by atoms with Gasteiger partial charge in [-0.15, -0.1) is 0 Å². The Morgan fingerprint density at radius 2 is 0.548 bits per heavy atom. The maximum absolute atomic E-state index is 13.8. The molecule has 0 radical (unpaired) electrons. The molecule has 4 aliphatic heterocycles. The van der Waals surface area contributed by atoms with Crippen molar-refractivity contribution < 1.29 is 81.4 Å². The molecule has 0 bridgehead atoms. The average molecular weight is 1610 g/mol. The van der Waals surface area contributed by atoms with Crippen molar-refractivity contribution in [1.82, 2.24) is 24.5 Å². The number of quaternary nitrogens is 1. The maximum atomic E-state index is 13.8. The highest BCUT2D eigenvalue weighted by atomic mass is 32.2. The summed E-state index contributed by atoms with van der Waals surface area (Å²) in [7, 11) is -8.76. The van der Waals surface area contributed by atoms with Crippen molar-refractivity contribution in [2.75, 3.05) is 79.6 Å². The van der Waals surface area contributed by atoms with Crippen LogP contribution in [0.2, 0.25) is 0 Å². The number of hydrogen-bond acceptors (Lipinski definition) is 18. The third-order valence-electron chi connectivity index (χ3n) is 22.6. The van der Waals surface area contributed by atoms with E-state index in [1.807, 2.05) is 132 Å². The standard InChI is InChI=1S/C34H32N3O4.C33H29N3O4.C8H10O3S.2C7H8O3S/c1-5-16-35-31(38)23-12-8-19-21-10-14-25-30-26(34(41)36(33(25)40)17-18-37(4,6-2)7-3)15-11-22(28(21)30)20-9-13-24(32(35)39)29(23)27(19)20;1-4-15-35-30(37)22-11-7-18-20-9-13-24-29-25(33(40)36(32(24)39)17-16-34(5-2)6-3)14-10-21(27(20)29)19-8-12-23(31(35)38)28(22)26(18)19;1-7-3-5-8(6-4-7)12(9,10)11-2;2*1-6-2-4-7(5-3-6)11(8,9)10/h8-15H,5-7,16-18H2,1-4H3;7-14H,4-6,15-17H2,1-3H3;3-6H,1-2H3;2*2-5H,1H3,(H,8,9,10)/q+1;;;;/p-2. The Bertz CT molecular complexity index is 6250. The molecule has 0 spiro atoms. The Labute approximate surface area is 666 Å². The van der Waals surface area contributed by atoms with E-state index in [1.54, 1.807) is 36.4 Å². The predicted molar refractivity (Wildman–Crippen MR) is 441 cm³/mol. The Hall–Kier alpha value is -11.3. The van der Waals surface area contributed by atoms with Crippen LogP contribution in [0.1, 0.15) is 154 Å². The first kappa shape index (κ1) is 81.7. The lowest BCUT2D eigenvalue weighted by Crippen LogP contribution is -2.51. The van der Waals surface area contributed by atoms with Crippen LogP contribution < -0.4 is 0 Å². The monoisotopic (exact) mass is 1610 g/mol. The third kappa shape index (κ3) is 14.6. The van der Waals surface area contributed by atoms with Crippen LogP contribution in [0, 0.1) is 20.8 Å². The number of likely N-dealkylation sites (N-methyl/N-ethyl adjacent to an activating group) is 2. The van der Waals surface area contributed by atoms with Gasteiger partial charge >= 0.3 is 0 Å². The summed E-state index contributed by atoms with van der Waals surface area (Å²) in [5.41, 5.74) is 7.16. The van der Waals surface area contributed by atoms with Gasteiger partial charge in [0.15, 0.2) is 0 Å². The number of imide groups is 4. The number of aryl methyl sites for hydroxylation is 3. The van der Waals surface area contributed by atoms with E-state index >= 15 is 0 Å². The van der Waals surface area contributed by atoms with Gasteiger partial charge in [0.2, 0.25) is 0 Å². The zero-order valence-corrected chi connectivity index (χ0v) is 67.9. The number of nitrogens with zero attached hydrogens (tertiary/aromatic N) is 6. The Balaban J connectivity index is 0.000000143. The minimum atomic E-state index is -4.27. The zero-order chi connectivity index (χ0) is 82.8. The molecule has 4 aliphatic rings. The van der Waals surface area contributed by atoms with E-state index < -0.39 is 30.4 Å². The minimum absolute atomic E-state index is 0.178. The molecule has 0 N–H and O–H groups in total. The first-order valence-corrected chi connectivity index (χ1v) is 42.3. The minimum Gasteiger partial charge on any atom is -0.744 e. The molecule has 13 aromatic rings. The van der Waals surface area contributed by atoms with Crippen LogP contribution in [-0.4, -0.2) is 190 Å². The van der Waals surface area contributed by atoms with Crippen molar-refractivity contribution in [2.45, 2.75) is 89.8 Å². The van der Waals surface area contributed by atoms with Crippen molar-refractivity contribution in [2.24, 2.45) is 0 Å². The molecule has 0 aromatic heterocycles. The summed E-state index contributed by atoms with van der Waals surface area (Å²) in [5, 5.41) is 13.5. The smallest absolute Gasteiger partial charge is 0.296 e.